The van der Waals surface area contributed by atoms with Gasteiger partial charge in [0, 0.05) is 6.54 Å². The van der Waals surface area contributed by atoms with Crippen LogP contribution in [0.3, 0.4) is 0 Å². The first-order valence-electron chi connectivity index (χ1n) is 6.82. The Hall–Kier alpha value is -1.55. The highest BCUT2D eigenvalue weighted by Crippen LogP contribution is 2.14. The van der Waals surface area contributed by atoms with E-state index in [2.05, 4.69) is 12.2 Å². The van der Waals surface area contributed by atoms with Crippen molar-refractivity contribution in [3.63, 3.8) is 0 Å². The van der Waals surface area contributed by atoms with Crippen molar-refractivity contribution in [1.82, 2.24) is 5.32 Å². The van der Waals surface area contributed by atoms with Crippen molar-refractivity contribution in [3.8, 4) is 5.75 Å². The first-order valence-corrected chi connectivity index (χ1v) is 6.82. The van der Waals surface area contributed by atoms with Gasteiger partial charge in [-0.15, -0.1) is 0 Å². The summed E-state index contributed by atoms with van der Waals surface area (Å²) in [6.07, 6.45) is 0.923. The van der Waals surface area contributed by atoms with Crippen LogP contribution in [0.15, 0.2) is 24.3 Å². The molecule has 0 heterocycles. The molecule has 0 aromatic heterocycles. The van der Waals surface area contributed by atoms with E-state index >= 15 is 0 Å². The number of carbonyl (C=O) groups excluding carboxylic acids is 1. The van der Waals surface area contributed by atoms with Crippen molar-refractivity contribution in [3.05, 3.63) is 29.8 Å². The number of benzene rings is 1. The summed E-state index contributed by atoms with van der Waals surface area (Å²) in [6.45, 7) is 8.07. The van der Waals surface area contributed by atoms with E-state index in [4.69, 9.17) is 9.47 Å². The molecule has 0 saturated carbocycles. The van der Waals surface area contributed by atoms with Gasteiger partial charge < -0.3 is 14.8 Å². The third-order valence-corrected chi connectivity index (χ3v) is 2.55. The molecule has 1 atom stereocenters. The SMILES string of the molecule is CCCNCC(C)OC(=O)c1cccc(OCC)c1. The zero-order valence-corrected chi connectivity index (χ0v) is 11.9. The first-order chi connectivity index (χ1) is 9.17. The molecule has 106 valence electrons. The average molecular weight is 265 g/mol. The molecule has 4 heteroatoms. The van der Waals surface area contributed by atoms with E-state index in [0.717, 1.165) is 13.0 Å². The van der Waals surface area contributed by atoms with Gasteiger partial charge in [0.25, 0.3) is 0 Å². The van der Waals surface area contributed by atoms with Gasteiger partial charge in [-0.1, -0.05) is 13.0 Å². The largest absolute Gasteiger partial charge is 0.494 e. The minimum absolute atomic E-state index is 0.144. The summed E-state index contributed by atoms with van der Waals surface area (Å²) in [5.41, 5.74) is 0.522. The summed E-state index contributed by atoms with van der Waals surface area (Å²) in [5.74, 6) is 0.376. The van der Waals surface area contributed by atoms with Crippen LogP contribution in [0.1, 0.15) is 37.6 Å². The number of hydrogen-bond donors (Lipinski definition) is 1. The lowest BCUT2D eigenvalue weighted by molar-refractivity contribution is 0.0342. The highest BCUT2D eigenvalue weighted by Gasteiger charge is 2.12. The number of esters is 1. The molecule has 4 nitrogen and oxygen atoms in total. The third kappa shape index (κ3) is 5.75. The zero-order valence-electron chi connectivity index (χ0n) is 11.9. The van der Waals surface area contributed by atoms with Crippen molar-refractivity contribution in [2.45, 2.75) is 33.3 Å². The van der Waals surface area contributed by atoms with Gasteiger partial charge in [-0.25, -0.2) is 4.79 Å². The Morgan fingerprint density at radius 1 is 1.37 bits per heavy atom. The van der Waals surface area contributed by atoms with Crippen LogP contribution in [-0.4, -0.2) is 31.8 Å². The number of rotatable bonds is 8. The summed E-state index contributed by atoms with van der Waals surface area (Å²) in [4.78, 5) is 11.9. The Morgan fingerprint density at radius 2 is 2.16 bits per heavy atom. The van der Waals surface area contributed by atoms with Crippen LogP contribution in [0.25, 0.3) is 0 Å². The van der Waals surface area contributed by atoms with Crippen LogP contribution in [0, 0.1) is 0 Å². The monoisotopic (exact) mass is 265 g/mol. The van der Waals surface area contributed by atoms with Crippen molar-refractivity contribution in [2.75, 3.05) is 19.7 Å². The molecule has 1 aromatic carbocycles. The average Bonchev–Trinajstić information content (AvgIpc) is 2.39. The molecule has 0 amide bonds. The number of carbonyl (C=O) groups is 1. The highest BCUT2D eigenvalue weighted by atomic mass is 16.5. The Morgan fingerprint density at radius 3 is 2.84 bits per heavy atom. The fourth-order valence-corrected chi connectivity index (χ4v) is 1.65. The van der Waals surface area contributed by atoms with E-state index in [1.165, 1.54) is 0 Å². The zero-order chi connectivity index (χ0) is 14.1. The summed E-state index contributed by atoms with van der Waals surface area (Å²) in [7, 11) is 0. The normalized spacial score (nSPS) is 11.9. The maximum atomic E-state index is 11.9. The van der Waals surface area contributed by atoms with Crippen LogP contribution in [0.5, 0.6) is 5.75 Å². The summed E-state index contributed by atoms with van der Waals surface area (Å²) in [6, 6.07) is 7.06. The Balaban J connectivity index is 2.50. The van der Waals surface area contributed by atoms with Crippen LogP contribution in [0.4, 0.5) is 0 Å². The molecule has 0 bridgehead atoms. The second-order valence-electron chi connectivity index (χ2n) is 4.38. The third-order valence-electron chi connectivity index (χ3n) is 2.55. The molecule has 1 N–H and O–H groups in total. The number of ether oxygens (including phenoxy) is 2. The first kappa shape index (κ1) is 15.5. The van der Waals surface area contributed by atoms with E-state index in [0.29, 0.717) is 24.5 Å². The van der Waals surface area contributed by atoms with Crippen molar-refractivity contribution >= 4 is 5.97 Å². The van der Waals surface area contributed by atoms with Gasteiger partial charge in [0.2, 0.25) is 0 Å². The maximum absolute atomic E-state index is 11.9. The molecule has 1 aromatic rings. The van der Waals surface area contributed by atoms with Crippen LogP contribution >= 0.6 is 0 Å². The molecule has 0 fully saturated rings. The van der Waals surface area contributed by atoms with E-state index in [9.17, 15) is 4.79 Å². The molecule has 0 saturated heterocycles. The quantitative estimate of drug-likeness (QED) is 0.580. The standard InChI is InChI=1S/C15H23NO3/c1-4-9-16-11-12(3)19-15(17)13-7-6-8-14(10-13)18-5-2/h6-8,10,12,16H,4-5,9,11H2,1-3H3. The molecule has 19 heavy (non-hydrogen) atoms. The highest BCUT2D eigenvalue weighted by molar-refractivity contribution is 5.89. The molecule has 0 aliphatic rings. The van der Waals surface area contributed by atoms with Crippen molar-refractivity contribution < 1.29 is 14.3 Å². The van der Waals surface area contributed by atoms with Gasteiger partial charge >= 0.3 is 5.97 Å². The molecule has 0 aliphatic carbocycles. The van der Waals surface area contributed by atoms with Crippen LogP contribution < -0.4 is 10.1 Å². The molecule has 0 radical (unpaired) electrons. The van der Waals surface area contributed by atoms with Crippen molar-refractivity contribution in [2.24, 2.45) is 0 Å². The van der Waals surface area contributed by atoms with Gasteiger partial charge in [0.1, 0.15) is 11.9 Å². The van der Waals surface area contributed by atoms with E-state index < -0.39 is 0 Å². The number of nitrogens with one attached hydrogen (secondary N) is 1. The second-order valence-corrected chi connectivity index (χ2v) is 4.38. The van der Waals surface area contributed by atoms with Gasteiger partial charge in [-0.3, -0.25) is 0 Å². The Kier molecular flexibility index (Phi) is 6.97. The minimum Gasteiger partial charge on any atom is -0.494 e. The van der Waals surface area contributed by atoms with E-state index in [-0.39, 0.29) is 12.1 Å². The van der Waals surface area contributed by atoms with Gasteiger partial charge in [0.05, 0.1) is 12.2 Å². The molecule has 0 spiro atoms. The smallest absolute Gasteiger partial charge is 0.338 e. The topological polar surface area (TPSA) is 47.6 Å². The summed E-state index contributed by atoms with van der Waals surface area (Å²) >= 11 is 0. The number of hydrogen-bond acceptors (Lipinski definition) is 4. The summed E-state index contributed by atoms with van der Waals surface area (Å²) in [5, 5.41) is 3.22. The van der Waals surface area contributed by atoms with Crippen LogP contribution in [0.2, 0.25) is 0 Å². The fourth-order valence-electron chi connectivity index (χ4n) is 1.65. The maximum Gasteiger partial charge on any atom is 0.338 e. The predicted molar refractivity (Wildman–Crippen MR) is 75.6 cm³/mol. The second kappa shape index (κ2) is 8.53. The Labute approximate surface area is 115 Å². The minimum atomic E-state index is -0.313. The van der Waals surface area contributed by atoms with Gasteiger partial charge in [0.15, 0.2) is 0 Å². The van der Waals surface area contributed by atoms with Gasteiger partial charge in [-0.2, -0.15) is 0 Å². The lowest BCUT2D eigenvalue weighted by Gasteiger charge is -2.14. The summed E-state index contributed by atoms with van der Waals surface area (Å²) < 4.78 is 10.7. The predicted octanol–water partition coefficient (Wildman–Crippen LogP) is 2.63. The van der Waals surface area contributed by atoms with Crippen molar-refractivity contribution in [1.29, 1.82) is 0 Å². The lowest BCUT2D eigenvalue weighted by Crippen LogP contribution is -2.29. The lowest BCUT2D eigenvalue weighted by atomic mass is 10.2. The molecule has 0 aliphatic heterocycles. The van der Waals surface area contributed by atoms with E-state index in [1.807, 2.05) is 19.9 Å². The van der Waals surface area contributed by atoms with Crippen LogP contribution in [-0.2, 0) is 4.74 Å². The molecule has 1 rings (SSSR count). The molecular formula is C15H23NO3. The molecular weight excluding hydrogens is 242 g/mol. The van der Waals surface area contributed by atoms with Gasteiger partial charge in [-0.05, 0) is 45.0 Å². The van der Waals surface area contributed by atoms with E-state index in [1.54, 1.807) is 18.2 Å². The fraction of sp³-hybridized carbons (Fsp3) is 0.533. The molecule has 1 unspecified atom stereocenters. The Bertz CT molecular complexity index is 393.